The van der Waals surface area contributed by atoms with Gasteiger partial charge in [0.15, 0.2) is 0 Å². The van der Waals surface area contributed by atoms with Gasteiger partial charge < -0.3 is 0 Å². The van der Waals surface area contributed by atoms with E-state index in [2.05, 4.69) is 10.3 Å². The maximum atomic E-state index is 11.4. The van der Waals surface area contributed by atoms with Crippen LogP contribution in [0.3, 0.4) is 0 Å². The molecule has 1 heterocycles. The highest BCUT2D eigenvalue weighted by Crippen LogP contribution is 1.95. The summed E-state index contributed by atoms with van der Waals surface area (Å²) in [4.78, 5) is 36.7. The molecule has 5 nitrogen and oxygen atoms in total. The first-order chi connectivity index (χ1) is 7.09. The van der Waals surface area contributed by atoms with Gasteiger partial charge in [0.2, 0.25) is 5.91 Å². The molecule has 78 valence electrons. The van der Waals surface area contributed by atoms with Gasteiger partial charge in [-0.25, -0.2) is 0 Å². The van der Waals surface area contributed by atoms with Gasteiger partial charge in [-0.3, -0.25) is 24.7 Å². The SMILES string of the molecule is CC(=O)CC(=O)NC(=O)c1cccnc1. The van der Waals surface area contributed by atoms with E-state index in [0.29, 0.717) is 0 Å². The second-order valence-corrected chi connectivity index (χ2v) is 3.00. The molecule has 1 rings (SSSR count). The molecule has 0 aliphatic carbocycles. The molecular formula is C10H10N2O3. The third-order valence-corrected chi connectivity index (χ3v) is 1.59. The van der Waals surface area contributed by atoms with Gasteiger partial charge in [0.1, 0.15) is 5.78 Å². The predicted molar refractivity (Wildman–Crippen MR) is 52.0 cm³/mol. The monoisotopic (exact) mass is 206 g/mol. The fourth-order valence-corrected chi connectivity index (χ4v) is 0.966. The highest BCUT2D eigenvalue weighted by Gasteiger charge is 2.11. The quantitative estimate of drug-likeness (QED) is 0.722. The lowest BCUT2D eigenvalue weighted by Crippen LogP contribution is -2.31. The van der Waals surface area contributed by atoms with Crippen molar-refractivity contribution >= 4 is 17.6 Å². The number of pyridine rings is 1. The van der Waals surface area contributed by atoms with Crippen LogP contribution in [0.2, 0.25) is 0 Å². The van der Waals surface area contributed by atoms with E-state index in [0.717, 1.165) is 0 Å². The number of rotatable bonds is 3. The summed E-state index contributed by atoms with van der Waals surface area (Å²) in [6.45, 7) is 1.29. The van der Waals surface area contributed by atoms with Crippen LogP contribution in [0.25, 0.3) is 0 Å². The summed E-state index contributed by atoms with van der Waals surface area (Å²) in [5.41, 5.74) is 0.286. The van der Waals surface area contributed by atoms with Gasteiger partial charge in [0, 0.05) is 12.4 Å². The van der Waals surface area contributed by atoms with Crippen LogP contribution in [0.1, 0.15) is 23.7 Å². The van der Waals surface area contributed by atoms with Crippen LogP contribution in [0.15, 0.2) is 24.5 Å². The summed E-state index contributed by atoms with van der Waals surface area (Å²) in [5, 5.41) is 2.09. The Bertz CT molecular complexity index is 387. The largest absolute Gasteiger partial charge is 0.299 e. The number of nitrogens with one attached hydrogen (secondary N) is 1. The number of carbonyl (C=O) groups excluding carboxylic acids is 3. The molecule has 1 aromatic heterocycles. The van der Waals surface area contributed by atoms with E-state index in [4.69, 9.17) is 0 Å². The average molecular weight is 206 g/mol. The molecule has 0 aliphatic rings. The Morgan fingerprint density at radius 2 is 2.13 bits per heavy atom. The normalized spacial score (nSPS) is 9.40. The van der Waals surface area contributed by atoms with Crippen LogP contribution >= 0.6 is 0 Å². The summed E-state index contributed by atoms with van der Waals surface area (Å²) in [6.07, 6.45) is 2.58. The van der Waals surface area contributed by atoms with Gasteiger partial charge in [0.05, 0.1) is 12.0 Å². The third-order valence-electron chi connectivity index (χ3n) is 1.59. The summed E-state index contributed by atoms with van der Waals surface area (Å²) < 4.78 is 0. The molecule has 2 amide bonds. The van der Waals surface area contributed by atoms with E-state index in [1.807, 2.05) is 0 Å². The lowest BCUT2D eigenvalue weighted by Gasteiger charge is -2.01. The van der Waals surface area contributed by atoms with Crippen molar-refractivity contribution in [3.05, 3.63) is 30.1 Å². The van der Waals surface area contributed by atoms with Crippen LogP contribution < -0.4 is 5.32 Å². The number of nitrogens with zero attached hydrogens (tertiary/aromatic N) is 1. The molecule has 0 radical (unpaired) electrons. The lowest BCUT2D eigenvalue weighted by atomic mass is 10.2. The maximum absolute atomic E-state index is 11.4. The van der Waals surface area contributed by atoms with Crippen LogP contribution in [-0.2, 0) is 9.59 Å². The molecule has 1 N–H and O–H groups in total. The molecule has 0 spiro atoms. The van der Waals surface area contributed by atoms with E-state index in [9.17, 15) is 14.4 Å². The van der Waals surface area contributed by atoms with Crippen molar-refractivity contribution in [3.8, 4) is 0 Å². The summed E-state index contributed by atoms with van der Waals surface area (Å²) >= 11 is 0. The minimum atomic E-state index is -0.601. The molecule has 0 aliphatic heterocycles. The zero-order valence-electron chi connectivity index (χ0n) is 8.19. The van der Waals surface area contributed by atoms with E-state index < -0.39 is 11.8 Å². The average Bonchev–Trinajstić information content (AvgIpc) is 2.17. The number of imide groups is 1. The van der Waals surface area contributed by atoms with Crippen molar-refractivity contribution in [1.29, 1.82) is 0 Å². The van der Waals surface area contributed by atoms with Crippen LogP contribution in [0.4, 0.5) is 0 Å². The number of hydrogen-bond donors (Lipinski definition) is 1. The number of aromatic nitrogens is 1. The van der Waals surface area contributed by atoms with Crippen molar-refractivity contribution in [2.45, 2.75) is 13.3 Å². The first kappa shape index (κ1) is 11.0. The van der Waals surface area contributed by atoms with E-state index in [1.54, 1.807) is 6.07 Å². The Hall–Kier alpha value is -2.04. The molecule has 0 aromatic carbocycles. The van der Waals surface area contributed by atoms with Crippen molar-refractivity contribution in [3.63, 3.8) is 0 Å². The van der Waals surface area contributed by atoms with Crippen molar-refractivity contribution < 1.29 is 14.4 Å². The molecular weight excluding hydrogens is 196 g/mol. The topological polar surface area (TPSA) is 76.1 Å². The Labute approximate surface area is 86.5 Å². The molecule has 0 fully saturated rings. The predicted octanol–water partition coefficient (Wildman–Crippen LogP) is 0.317. The zero-order valence-corrected chi connectivity index (χ0v) is 8.19. The number of amides is 2. The second kappa shape index (κ2) is 4.99. The van der Waals surface area contributed by atoms with E-state index >= 15 is 0 Å². The number of hydrogen-bond acceptors (Lipinski definition) is 4. The molecule has 1 aromatic rings. The van der Waals surface area contributed by atoms with Gasteiger partial charge in [-0.2, -0.15) is 0 Å². The molecule has 15 heavy (non-hydrogen) atoms. The van der Waals surface area contributed by atoms with Gasteiger partial charge >= 0.3 is 0 Å². The van der Waals surface area contributed by atoms with E-state index in [1.165, 1.54) is 25.4 Å². The summed E-state index contributed by atoms with van der Waals surface area (Å²) in [6, 6.07) is 3.12. The molecule has 0 atom stereocenters. The first-order valence-corrected chi connectivity index (χ1v) is 4.33. The van der Waals surface area contributed by atoms with E-state index in [-0.39, 0.29) is 17.8 Å². The highest BCUT2D eigenvalue weighted by molar-refractivity contribution is 6.08. The molecule has 5 heteroatoms. The number of ketones is 1. The van der Waals surface area contributed by atoms with Gasteiger partial charge in [-0.15, -0.1) is 0 Å². The Morgan fingerprint density at radius 1 is 1.40 bits per heavy atom. The standard InChI is InChI=1S/C10H10N2O3/c1-7(13)5-9(14)12-10(15)8-3-2-4-11-6-8/h2-4,6H,5H2,1H3,(H,12,14,15). The van der Waals surface area contributed by atoms with Crippen molar-refractivity contribution in [2.75, 3.05) is 0 Å². The molecule has 0 unspecified atom stereocenters. The molecule has 0 saturated carbocycles. The third kappa shape index (κ3) is 3.68. The van der Waals surface area contributed by atoms with Gasteiger partial charge in [-0.05, 0) is 19.1 Å². The van der Waals surface area contributed by atoms with Crippen LogP contribution in [0.5, 0.6) is 0 Å². The lowest BCUT2D eigenvalue weighted by molar-refractivity contribution is -0.126. The minimum Gasteiger partial charge on any atom is -0.299 e. The smallest absolute Gasteiger partial charge is 0.259 e. The minimum absolute atomic E-state index is 0.286. The Morgan fingerprint density at radius 3 is 2.67 bits per heavy atom. The molecule has 0 bridgehead atoms. The van der Waals surface area contributed by atoms with Gasteiger partial charge in [-0.1, -0.05) is 0 Å². The summed E-state index contributed by atoms with van der Waals surface area (Å²) in [5.74, 6) is -1.43. The second-order valence-electron chi connectivity index (χ2n) is 3.00. The molecule has 0 saturated heterocycles. The fraction of sp³-hybridized carbons (Fsp3) is 0.200. The fourth-order valence-electron chi connectivity index (χ4n) is 0.966. The van der Waals surface area contributed by atoms with Crippen molar-refractivity contribution in [2.24, 2.45) is 0 Å². The first-order valence-electron chi connectivity index (χ1n) is 4.33. The van der Waals surface area contributed by atoms with Crippen molar-refractivity contribution in [1.82, 2.24) is 10.3 Å². The highest BCUT2D eigenvalue weighted by atomic mass is 16.2. The summed E-state index contributed by atoms with van der Waals surface area (Å²) in [7, 11) is 0. The number of Topliss-reactive ketones (excluding diaryl/α,β-unsaturated/α-hetero) is 1. The number of carbonyl (C=O) groups is 3. The zero-order chi connectivity index (χ0) is 11.3. The Balaban J connectivity index is 2.57. The van der Waals surface area contributed by atoms with Gasteiger partial charge in [0.25, 0.3) is 5.91 Å². The Kier molecular flexibility index (Phi) is 3.68. The maximum Gasteiger partial charge on any atom is 0.259 e. The van der Waals surface area contributed by atoms with Crippen LogP contribution in [-0.4, -0.2) is 22.6 Å². The van der Waals surface area contributed by atoms with Crippen LogP contribution in [0, 0.1) is 0 Å².